The molecule has 0 radical (unpaired) electrons. The van der Waals surface area contributed by atoms with Gasteiger partial charge in [0.05, 0.1) is 21.3 Å². The van der Waals surface area contributed by atoms with Gasteiger partial charge in [-0.2, -0.15) is 5.10 Å². The van der Waals surface area contributed by atoms with Gasteiger partial charge in [0.15, 0.2) is 0 Å². The summed E-state index contributed by atoms with van der Waals surface area (Å²) in [5, 5.41) is 14.7. The first-order valence-corrected chi connectivity index (χ1v) is 11.1. The fraction of sp³-hybridized carbons (Fsp3) is 0.333. The lowest BCUT2D eigenvalue weighted by Crippen LogP contribution is -2.45. The van der Waals surface area contributed by atoms with Crippen LogP contribution in [0.1, 0.15) is 54.6 Å². The van der Waals surface area contributed by atoms with E-state index < -0.39 is 5.91 Å². The molecule has 1 aliphatic rings. The Morgan fingerprint density at radius 1 is 1.34 bits per heavy atom. The van der Waals surface area contributed by atoms with Crippen molar-refractivity contribution in [1.29, 1.82) is 0 Å². The molecule has 0 bridgehead atoms. The summed E-state index contributed by atoms with van der Waals surface area (Å²) in [7, 11) is 2.08. The molecule has 2 aromatic carbocycles. The first-order chi connectivity index (χ1) is 13.5. The number of carbonyl (C=O) groups excluding carboxylic acids is 1. The number of amides is 1. The molecule has 2 N–H and O–H groups in total. The van der Waals surface area contributed by atoms with Gasteiger partial charge in [0.2, 0.25) is 0 Å². The number of aromatic hydroxyl groups is 1. The highest BCUT2D eigenvalue weighted by molar-refractivity contribution is 9.11. The fourth-order valence-corrected chi connectivity index (χ4v) is 5.10. The van der Waals surface area contributed by atoms with E-state index in [0.717, 1.165) is 17.7 Å². The van der Waals surface area contributed by atoms with E-state index in [1.54, 1.807) is 6.07 Å². The molecule has 8 heteroatoms. The Morgan fingerprint density at radius 3 is 2.72 bits per heavy atom. The van der Waals surface area contributed by atoms with E-state index >= 15 is 0 Å². The zero-order chi connectivity index (χ0) is 21.5. The van der Waals surface area contributed by atoms with Gasteiger partial charge in [-0.1, -0.05) is 34.5 Å². The van der Waals surface area contributed by atoms with Gasteiger partial charge in [0.1, 0.15) is 5.75 Å². The average molecular weight is 544 g/mol. The number of hydrogen-bond acceptors (Lipinski definition) is 4. The van der Waals surface area contributed by atoms with Crippen LogP contribution in [0.25, 0.3) is 0 Å². The van der Waals surface area contributed by atoms with Gasteiger partial charge < -0.3 is 10.0 Å². The number of nitrogens with one attached hydrogen (secondary N) is 1. The summed E-state index contributed by atoms with van der Waals surface area (Å²) < 4.78 is 1.08. The van der Waals surface area contributed by atoms with Crippen molar-refractivity contribution in [3.63, 3.8) is 0 Å². The smallest absolute Gasteiger partial charge is 0.275 e. The Morgan fingerprint density at radius 2 is 2.03 bits per heavy atom. The van der Waals surface area contributed by atoms with Crippen LogP contribution in [0.3, 0.4) is 0 Å². The average Bonchev–Trinajstić information content (AvgIpc) is 2.63. The van der Waals surface area contributed by atoms with Crippen molar-refractivity contribution >= 4 is 61.3 Å². The highest BCUT2D eigenvalue weighted by Gasteiger charge is 2.34. The van der Waals surface area contributed by atoms with Crippen molar-refractivity contribution in [3.05, 3.63) is 54.9 Å². The molecule has 0 fully saturated rings. The minimum absolute atomic E-state index is 0.0551. The maximum Gasteiger partial charge on any atom is 0.275 e. The Labute approximate surface area is 192 Å². The fourth-order valence-electron chi connectivity index (χ4n) is 3.66. The zero-order valence-corrected chi connectivity index (χ0v) is 20.5. The van der Waals surface area contributed by atoms with Crippen LogP contribution < -0.4 is 10.3 Å². The largest absolute Gasteiger partial charge is 0.506 e. The molecule has 1 heterocycles. The lowest BCUT2D eigenvalue weighted by atomic mass is 9.80. The summed E-state index contributed by atoms with van der Waals surface area (Å²) in [6, 6.07) is 7.16. The van der Waals surface area contributed by atoms with E-state index in [1.807, 2.05) is 12.1 Å². The number of hydrazone groups is 1. The Hall–Kier alpha value is -1.57. The van der Waals surface area contributed by atoms with Gasteiger partial charge >= 0.3 is 0 Å². The quantitative estimate of drug-likeness (QED) is 0.366. The van der Waals surface area contributed by atoms with E-state index in [1.165, 1.54) is 17.8 Å². The van der Waals surface area contributed by atoms with Crippen molar-refractivity contribution in [2.75, 3.05) is 11.9 Å². The third-order valence-corrected chi connectivity index (χ3v) is 6.78. The van der Waals surface area contributed by atoms with Crippen LogP contribution in [-0.4, -0.2) is 29.8 Å². The van der Waals surface area contributed by atoms with Gasteiger partial charge in [-0.25, -0.2) is 5.43 Å². The summed E-state index contributed by atoms with van der Waals surface area (Å²) in [6.45, 7) is 6.65. The number of nitrogens with zero attached hydrogens (tertiary/aromatic N) is 2. The molecule has 0 saturated heterocycles. The minimum Gasteiger partial charge on any atom is -0.506 e. The molecule has 29 heavy (non-hydrogen) atoms. The van der Waals surface area contributed by atoms with Gasteiger partial charge in [-0.3, -0.25) is 4.79 Å². The van der Waals surface area contributed by atoms with Crippen LogP contribution in [-0.2, 0) is 0 Å². The van der Waals surface area contributed by atoms with Crippen LogP contribution in [0, 0.1) is 0 Å². The van der Waals surface area contributed by atoms with E-state index in [0.29, 0.717) is 19.9 Å². The second-order valence-corrected chi connectivity index (χ2v) is 10.1. The van der Waals surface area contributed by atoms with E-state index in [-0.39, 0.29) is 16.9 Å². The van der Waals surface area contributed by atoms with Crippen molar-refractivity contribution < 1.29 is 9.90 Å². The third-order valence-electron chi connectivity index (χ3n) is 5.39. The van der Waals surface area contributed by atoms with E-state index in [2.05, 4.69) is 75.1 Å². The first-order valence-electron chi connectivity index (χ1n) is 9.10. The number of rotatable bonds is 3. The third kappa shape index (κ3) is 4.47. The molecular formula is C21H22Br2ClN3O2. The molecule has 0 aromatic heterocycles. The molecule has 3 rings (SSSR count). The lowest BCUT2D eigenvalue weighted by molar-refractivity contribution is 0.0952. The Bertz CT molecular complexity index is 1010. The molecule has 154 valence electrons. The number of anilines is 1. The number of halogens is 3. The predicted molar refractivity (Wildman–Crippen MR) is 126 cm³/mol. The highest BCUT2D eigenvalue weighted by Crippen LogP contribution is 2.44. The maximum absolute atomic E-state index is 12.4. The Kier molecular flexibility index (Phi) is 6.32. The maximum atomic E-state index is 12.4. The molecule has 0 saturated carbocycles. The number of fused-ring (bicyclic) bond motifs is 1. The summed E-state index contributed by atoms with van der Waals surface area (Å²) in [5.41, 5.74) is 5.65. The predicted octanol–water partition coefficient (Wildman–Crippen LogP) is 6.06. The standard InChI is InChI=1S/C21H22Br2ClN3O2/c1-11-9-21(2,3)27(4)18-8-17(24)12(5-14(11)18)10-25-26-20(29)15-6-13(22)7-16(23)19(15)28/h5-8,10-11,28H,9H2,1-4H3,(H,26,29)/b25-10+. The molecule has 1 amide bonds. The molecular weight excluding hydrogens is 522 g/mol. The normalized spacial score (nSPS) is 18.0. The number of hydrogen-bond donors (Lipinski definition) is 2. The van der Waals surface area contributed by atoms with Gasteiger partial charge in [-0.05, 0) is 71.9 Å². The number of carbonyl (C=O) groups is 1. The number of phenols is 1. The number of phenolic OH excluding ortho intramolecular Hbond substituents is 1. The van der Waals surface area contributed by atoms with Crippen molar-refractivity contribution in [2.24, 2.45) is 5.10 Å². The van der Waals surface area contributed by atoms with Crippen molar-refractivity contribution in [3.8, 4) is 5.75 Å². The number of benzene rings is 2. The molecule has 2 aromatic rings. The first kappa shape index (κ1) is 22.1. The summed E-state index contributed by atoms with van der Waals surface area (Å²) in [6.07, 6.45) is 2.56. The molecule has 1 atom stereocenters. The van der Waals surface area contributed by atoms with Crippen LogP contribution in [0.15, 0.2) is 38.3 Å². The molecule has 1 aliphatic heterocycles. The molecule has 1 unspecified atom stereocenters. The van der Waals surface area contributed by atoms with E-state index in [9.17, 15) is 9.90 Å². The summed E-state index contributed by atoms with van der Waals surface area (Å²) in [4.78, 5) is 14.6. The van der Waals surface area contributed by atoms with Crippen LogP contribution in [0.2, 0.25) is 5.02 Å². The topological polar surface area (TPSA) is 64.9 Å². The minimum atomic E-state index is -0.523. The van der Waals surface area contributed by atoms with E-state index in [4.69, 9.17) is 11.6 Å². The highest BCUT2D eigenvalue weighted by atomic mass is 79.9. The Balaban J connectivity index is 1.84. The lowest BCUT2D eigenvalue weighted by Gasteiger charge is -2.45. The van der Waals surface area contributed by atoms with Gasteiger partial charge in [0.25, 0.3) is 5.91 Å². The van der Waals surface area contributed by atoms with Crippen molar-refractivity contribution in [2.45, 2.75) is 38.6 Å². The second kappa shape index (κ2) is 8.28. The molecule has 5 nitrogen and oxygen atoms in total. The summed E-state index contributed by atoms with van der Waals surface area (Å²) in [5.74, 6) is -0.289. The van der Waals surface area contributed by atoms with Crippen molar-refractivity contribution in [1.82, 2.24) is 5.43 Å². The molecule has 0 aliphatic carbocycles. The zero-order valence-electron chi connectivity index (χ0n) is 16.6. The summed E-state index contributed by atoms with van der Waals surface area (Å²) >= 11 is 13.0. The van der Waals surface area contributed by atoms with Crippen LogP contribution >= 0.6 is 43.5 Å². The monoisotopic (exact) mass is 541 g/mol. The van der Waals surface area contributed by atoms with Crippen LogP contribution in [0.5, 0.6) is 5.75 Å². The van der Waals surface area contributed by atoms with Crippen LogP contribution in [0.4, 0.5) is 5.69 Å². The SMILES string of the molecule is CC1CC(C)(C)N(C)c2cc(Cl)c(/C=N/NC(=O)c3cc(Br)cc(Br)c3O)cc21. The van der Waals surface area contributed by atoms with Gasteiger partial charge in [0, 0.05) is 28.3 Å². The second-order valence-electron chi connectivity index (χ2n) is 7.89. The van der Waals surface area contributed by atoms with Gasteiger partial charge in [-0.15, -0.1) is 0 Å². The molecule has 0 spiro atoms.